The fourth-order valence-corrected chi connectivity index (χ4v) is 4.54. The van der Waals surface area contributed by atoms with E-state index in [1.54, 1.807) is 0 Å². The van der Waals surface area contributed by atoms with Gasteiger partial charge in [-0.15, -0.1) is 0 Å². The molecule has 3 aliphatic carbocycles. The molecule has 2 aromatic rings. The minimum Gasteiger partial charge on any atom is -0.493 e. The van der Waals surface area contributed by atoms with E-state index in [4.69, 9.17) is 4.74 Å². The summed E-state index contributed by atoms with van der Waals surface area (Å²) in [7, 11) is 1.94. The van der Waals surface area contributed by atoms with Crippen LogP contribution in [-0.4, -0.2) is 37.0 Å². The number of hydrogen-bond donors (Lipinski definition) is 1. The molecule has 0 heterocycles. The second-order valence-electron chi connectivity index (χ2n) is 9.77. The largest absolute Gasteiger partial charge is 0.493 e. The zero-order valence-corrected chi connectivity index (χ0v) is 18.6. The van der Waals surface area contributed by atoms with Gasteiger partial charge in [0, 0.05) is 25.2 Å². The molecular weight excluding hydrogens is 384 g/mol. The molecule has 4 nitrogen and oxygen atoms in total. The number of rotatable bonds is 10. The van der Waals surface area contributed by atoms with Crippen molar-refractivity contribution < 1.29 is 9.53 Å². The van der Waals surface area contributed by atoms with Gasteiger partial charge in [-0.3, -0.25) is 4.79 Å². The smallest absolute Gasteiger partial charge is 0.253 e. The van der Waals surface area contributed by atoms with Gasteiger partial charge in [-0.1, -0.05) is 31.0 Å². The van der Waals surface area contributed by atoms with Gasteiger partial charge in [0.2, 0.25) is 0 Å². The van der Waals surface area contributed by atoms with Gasteiger partial charge in [-0.2, -0.15) is 0 Å². The lowest BCUT2D eigenvalue weighted by atomic mass is 10.1. The van der Waals surface area contributed by atoms with Crippen LogP contribution >= 0.6 is 0 Å². The molecule has 164 valence electrons. The van der Waals surface area contributed by atoms with Crippen LogP contribution in [0.1, 0.15) is 59.2 Å². The fraction of sp³-hybridized carbons (Fsp3) is 0.519. The van der Waals surface area contributed by atoms with Crippen LogP contribution in [0.5, 0.6) is 5.75 Å². The van der Waals surface area contributed by atoms with Gasteiger partial charge >= 0.3 is 0 Å². The summed E-state index contributed by atoms with van der Waals surface area (Å²) in [4.78, 5) is 15.0. The Labute approximate surface area is 186 Å². The number of likely N-dealkylation sites (N-methyl/N-ethyl adjacent to an activating group) is 1. The zero-order valence-electron chi connectivity index (χ0n) is 18.6. The molecule has 0 bridgehead atoms. The first-order chi connectivity index (χ1) is 15.2. The van der Waals surface area contributed by atoms with Crippen LogP contribution in [0.2, 0.25) is 0 Å². The Morgan fingerprint density at radius 2 is 1.74 bits per heavy atom. The van der Waals surface area contributed by atoms with Crippen LogP contribution in [0, 0.1) is 11.8 Å². The molecule has 1 amide bonds. The summed E-state index contributed by atoms with van der Waals surface area (Å²) in [6.07, 6.45) is 8.60. The van der Waals surface area contributed by atoms with Crippen molar-refractivity contribution in [2.24, 2.45) is 11.8 Å². The summed E-state index contributed by atoms with van der Waals surface area (Å²) >= 11 is 0. The van der Waals surface area contributed by atoms with Crippen molar-refractivity contribution in [2.45, 2.75) is 57.5 Å². The van der Waals surface area contributed by atoms with E-state index in [1.807, 2.05) is 36.2 Å². The molecule has 0 saturated heterocycles. The summed E-state index contributed by atoms with van der Waals surface area (Å²) in [5, 5.41) is 3.59. The number of hydrogen-bond acceptors (Lipinski definition) is 3. The lowest BCUT2D eigenvalue weighted by Crippen LogP contribution is -2.37. The Morgan fingerprint density at radius 1 is 1.00 bits per heavy atom. The summed E-state index contributed by atoms with van der Waals surface area (Å²) in [5.74, 6) is 2.66. The molecule has 0 unspecified atom stereocenters. The van der Waals surface area contributed by atoms with Crippen molar-refractivity contribution in [3.63, 3.8) is 0 Å². The third-order valence-electron chi connectivity index (χ3n) is 7.09. The topological polar surface area (TPSA) is 41.6 Å². The number of ether oxygens (including phenoxy) is 1. The third-order valence-corrected chi connectivity index (χ3v) is 7.09. The Kier molecular flexibility index (Phi) is 5.99. The van der Waals surface area contributed by atoms with Crippen molar-refractivity contribution in [1.29, 1.82) is 0 Å². The van der Waals surface area contributed by atoms with Crippen molar-refractivity contribution >= 4 is 5.91 Å². The van der Waals surface area contributed by atoms with Crippen molar-refractivity contribution in [3.05, 3.63) is 64.7 Å². The van der Waals surface area contributed by atoms with E-state index >= 15 is 0 Å². The third kappa shape index (κ3) is 5.30. The molecule has 2 saturated carbocycles. The van der Waals surface area contributed by atoms with E-state index in [9.17, 15) is 4.79 Å². The van der Waals surface area contributed by atoms with E-state index in [0.717, 1.165) is 55.7 Å². The highest BCUT2D eigenvalue weighted by Crippen LogP contribution is 2.32. The van der Waals surface area contributed by atoms with Gasteiger partial charge in [0.25, 0.3) is 5.91 Å². The second-order valence-corrected chi connectivity index (χ2v) is 9.77. The van der Waals surface area contributed by atoms with E-state index < -0.39 is 0 Å². The first-order valence-electron chi connectivity index (χ1n) is 12.0. The lowest BCUT2D eigenvalue weighted by molar-refractivity contribution is 0.0737. The zero-order chi connectivity index (χ0) is 21.2. The number of benzene rings is 2. The van der Waals surface area contributed by atoms with Gasteiger partial charge < -0.3 is 15.0 Å². The SMILES string of the molecule is CN(C(=O)c1ccc(OCC2CC2)cc1)[C@@H]1Cc2ccc(CNCCC3CC3)cc2C1. The maximum Gasteiger partial charge on any atom is 0.253 e. The normalized spacial score (nSPS) is 19.8. The number of amides is 1. The highest BCUT2D eigenvalue weighted by atomic mass is 16.5. The molecule has 1 N–H and O–H groups in total. The standard InChI is InChI=1S/C27H34N2O2/c1-29(27(30)22-8-10-26(11-9-22)31-18-20-4-5-20)25-15-23-7-6-21(14-24(23)16-25)17-28-13-12-19-2-3-19/h6-11,14,19-20,25,28H,2-5,12-13,15-18H2,1H3/t25-/m1/s1. The molecule has 0 spiro atoms. The summed E-state index contributed by atoms with van der Waals surface area (Å²) in [6, 6.07) is 14.7. The summed E-state index contributed by atoms with van der Waals surface area (Å²) in [5.41, 5.74) is 4.87. The molecule has 0 radical (unpaired) electrons. The van der Waals surface area contributed by atoms with Crippen molar-refractivity contribution in [3.8, 4) is 5.75 Å². The molecule has 5 rings (SSSR count). The van der Waals surface area contributed by atoms with Gasteiger partial charge in [0.15, 0.2) is 0 Å². The van der Waals surface area contributed by atoms with Crippen LogP contribution in [0.25, 0.3) is 0 Å². The Bertz CT molecular complexity index is 915. The molecular formula is C27H34N2O2. The molecule has 3 aliphatic rings. The summed E-state index contributed by atoms with van der Waals surface area (Å²) in [6.45, 7) is 2.85. The van der Waals surface area contributed by atoms with Crippen LogP contribution < -0.4 is 10.1 Å². The van der Waals surface area contributed by atoms with Crippen LogP contribution in [0.15, 0.2) is 42.5 Å². The number of carbonyl (C=O) groups excluding carboxylic acids is 1. The first-order valence-corrected chi connectivity index (χ1v) is 12.0. The van der Waals surface area contributed by atoms with Crippen LogP contribution in [-0.2, 0) is 19.4 Å². The quantitative estimate of drug-likeness (QED) is 0.573. The van der Waals surface area contributed by atoms with Gasteiger partial charge in [-0.05, 0) is 91.4 Å². The minimum absolute atomic E-state index is 0.0912. The predicted octanol–water partition coefficient (Wildman–Crippen LogP) is 4.60. The first kappa shape index (κ1) is 20.6. The Morgan fingerprint density at radius 3 is 2.48 bits per heavy atom. The molecule has 0 aromatic heterocycles. The van der Waals surface area contributed by atoms with Gasteiger partial charge in [0.05, 0.1) is 6.61 Å². The molecule has 1 atom stereocenters. The molecule has 4 heteroatoms. The van der Waals surface area contributed by atoms with Crippen molar-refractivity contribution in [1.82, 2.24) is 10.2 Å². The fourth-order valence-electron chi connectivity index (χ4n) is 4.54. The Hall–Kier alpha value is -2.33. The minimum atomic E-state index is 0.0912. The second kappa shape index (κ2) is 9.04. The van der Waals surface area contributed by atoms with E-state index in [1.165, 1.54) is 48.8 Å². The van der Waals surface area contributed by atoms with Gasteiger partial charge in [0.1, 0.15) is 5.75 Å². The van der Waals surface area contributed by atoms with Crippen LogP contribution in [0.4, 0.5) is 0 Å². The molecule has 2 aromatic carbocycles. The number of carbonyl (C=O) groups is 1. The van der Waals surface area contributed by atoms with E-state index in [-0.39, 0.29) is 11.9 Å². The average Bonchev–Trinajstić information content (AvgIpc) is 3.73. The predicted molar refractivity (Wildman–Crippen MR) is 123 cm³/mol. The van der Waals surface area contributed by atoms with E-state index in [0.29, 0.717) is 0 Å². The number of nitrogens with one attached hydrogen (secondary N) is 1. The molecule has 2 fully saturated rings. The lowest BCUT2D eigenvalue weighted by Gasteiger charge is -2.24. The number of fused-ring (bicyclic) bond motifs is 1. The monoisotopic (exact) mass is 418 g/mol. The highest BCUT2D eigenvalue weighted by Gasteiger charge is 2.28. The molecule has 31 heavy (non-hydrogen) atoms. The maximum atomic E-state index is 13.0. The van der Waals surface area contributed by atoms with Gasteiger partial charge in [-0.25, -0.2) is 0 Å². The maximum absolute atomic E-state index is 13.0. The van der Waals surface area contributed by atoms with E-state index in [2.05, 4.69) is 23.5 Å². The van der Waals surface area contributed by atoms with Crippen LogP contribution in [0.3, 0.4) is 0 Å². The summed E-state index contributed by atoms with van der Waals surface area (Å²) < 4.78 is 5.80. The van der Waals surface area contributed by atoms with Crippen molar-refractivity contribution in [2.75, 3.05) is 20.2 Å². The average molecular weight is 419 g/mol. The highest BCUT2D eigenvalue weighted by molar-refractivity contribution is 5.94. The number of nitrogens with zero attached hydrogens (tertiary/aromatic N) is 1. The molecule has 0 aliphatic heterocycles. The Balaban J connectivity index is 1.14.